The van der Waals surface area contributed by atoms with E-state index in [1.165, 1.54) is 19.2 Å². The summed E-state index contributed by atoms with van der Waals surface area (Å²) in [5, 5.41) is 5.24. The van der Waals surface area contributed by atoms with Crippen molar-refractivity contribution in [1.29, 1.82) is 0 Å². The quantitative estimate of drug-likeness (QED) is 0.207. The molecule has 0 unspecified atom stereocenters. The number of amides is 1. The van der Waals surface area contributed by atoms with Crippen LogP contribution in [0.5, 0.6) is 0 Å². The Labute approximate surface area is 245 Å². The highest BCUT2D eigenvalue weighted by Crippen LogP contribution is 2.31. The van der Waals surface area contributed by atoms with Crippen LogP contribution < -0.4 is 5.32 Å². The third-order valence-electron chi connectivity index (χ3n) is 7.81. The monoisotopic (exact) mass is 581 g/mol. The number of imidazole rings is 1. The van der Waals surface area contributed by atoms with Crippen molar-refractivity contribution >= 4 is 56.9 Å². The van der Waals surface area contributed by atoms with E-state index in [-0.39, 0.29) is 18.0 Å². The molecule has 1 fully saturated rings. The molecule has 1 aliphatic heterocycles. The average Bonchev–Trinajstić information content (AvgIpc) is 3.38. The normalized spacial score (nSPS) is 16.6. The maximum Gasteiger partial charge on any atom is 0.255 e. The molecule has 0 saturated carbocycles. The molecule has 40 heavy (non-hydrogen) atoms. The number of fused-ring (bicyclic) bond motifs is 2. The zero-order valence-corrected chi connectivity index (χ0v) is 24.9. The van der Waals surface area contributed by atoms with Crippen LogP contribution in [0.15, 0.2) is 36.7 Å². The Morgan fingerprint density at radius 1 is 1.18 bits per heavy atom. The van der Waals surface area contributed by atoms with Crippen molar-refractivity contribution in [2.75, 3.05) is 31.5 Å². The lowest BCUT2D eigenvalue weighted by Gasteiger charge is -2.39. The van der Waals surface area contributed by atoms with Gasteiger partial charge in [0.2, 0.25) is 0 Å². The van der Waals surface area contributed by atoms with E-state index in [9.17, 15) is 4.79 Å². The molecule has 212 valence electrons. The van der Waals surface area contributed by atoms with Crippen LogP contribution in [0.4, 0.5) is 5.82 Å². The summed E-state index contributed by atoms with van der Waals surface area (Å²) in [6.45, 7) is 10.1. The lowest BCUT2D eigenvalue weighted by atomic mass is 9.99. The molecule has 2 aromatic carbocycles. The molecule has 1 amide bonds. The van der Waals surface area contributed by atoms with E-state index in [4.69, 9.17) is 23.2 Å². The number of unbranched alkanes of at least 4 members (excludes halogenated alkanes) is 1. The summed E-state index contributed by atoms with van der Waals surface area (Å²) < 4.78 is 0. The van der Waals surface area contributed by atoms with Gasteiger partial charge >= 0.3 is 0 Å². The summed E-state index contributed by atoms with van der Waals surface area (Å²) in [6, 6.07) is 9.19. The van der Waals surface area contributed by atoms with Gasteiger partial charge in [0.25, 0.3) is 5.91 Å². The molecule has 0 radical (unpaired) electrons. The van der Waals surface area contributed by atoms with E-state index < -0.39 is 0 Å². The van der Waals surface area contributed by atoms with Gasteiger partial charge in [-0.2, -0.15) is 0 Å². The van der Waals surface area contributed by atoms with E-state index in [1.54, 1.807) is 12.1 Å². The highest BCUT2D eigenvalue weighted by atomic mass is 35.5. The van der Waals surface area contributed by atoms with Gasteiger partial charge in [0.1, 0.15) is 18.0 Å². The maximum absolute atomic E-state index is 13.9. The van der Waals surface area contributed by atoms with Crippen LogP contribution >= 0.6 is 23.2 Å². The van der Waals surface area contributed by atoms with Crippen molar-refractivity contribution in [3.05, 3.63) is 58.1 Å². The van der Waals surface area contributed by atoms with E-state index in [2.05, 4.69) is 44.0 Å². The van der Waals surface area contributed by atoms with Crippen LogP contribution in [-0.4, -0.2) is 67.9 Å². The number of rotatable bonds is 10. The summed E-state index contributed by atoms with van der Waals surface area (Å²) in [6.07, 6.45) is 7.02. The molecule has 4 aromatic rings. The minimum absolute atomic E-state index is 0.0226. The summed E-state index contributed by atoms with van der Waals surface area (Å²) >= 11 is 12.9. The molecule has 0 aliphatic carbocycles. The van der Waals surface area contributed by atoms with Gasteiger partial charge in [-0.15, -0.1) is 0 Å². The molecule has 1 aliphatic rings. The first-order valence-corrected chi connectivity index (χ1v) is 15.0. The Balaban J connectivity index is 1.38. The van der Waals surface area contributed by atoms with Crippen molar-refractivity contribution < 1.29 is 4.79 Å². The average molecular weight is 583 g/mol. The van der Waals surface area contributed by atoms with Crippen molar-refractivity contribution in [3.8, 4) is 0 Å². The van der Waals surface area contributed by atoms with Crippen molar-refractivity contribution in [1.82, 2.24) is 29.7 Å². The maximum atomic E-state index is 13.9. The number of piperidine rings is 1. The number of hydrogen-bond donors (Lipinski definition) is 2. The Bertz CT molecular complexity index is 1490. The number of likely N-dealkylation sites (tertiary alicyclic amines) is 1. The first-order chi connectivity index (χ1) is 19.4. The van der Waals surface area contributed by atoms with Crippen molar-refractivity contribution in [2.45, 2.75) is 65.0 Å². The number of nitrogens with zero attached hydrogens (tertiary/aromatic N) is 5. The molecule has 2 N–H and O–H groups in total. The van der Waals surface area contributed by atoms with Crippen LogP contribution in [0.1, 0.15) is 75.1 Å². The van der Waals surface area contributed by atoms with Crippen LogP contribution in [-0.2, 0) is 0 Å². The topological polar surface area (TPSA) is 90.0 Å². The molecule has 8 nitrogen and oxygen atoms in total. The number of aromatic nitrogens is 4. The highest BCUT2D eigenvalue weighted by molar-refractivity contribution is 6.35. The summed E-state index contributed by atoms with van der Waals surface area (Å²) in [5.41, 5.74) is 2.87. The number of carbonyl (C=O) groups excluding carboxylic acids is 1. The molecule has 1 saturated heterocycles. The smallest absolute Gasteiger partial charge is 0.255 e. The zero-order chi connectivity index (χ0) is 28.2. The molecule has 0 spiro atoms. The lowest BCUT2D eigenvalue weighted by Crippen LogP contribution is -2.49. The second kappa shape index (κ2) is 12.7. The lowest BCUT2D eigenvalue weighted by molar-refractivity contribution is 0.0547. The summed E-state index contributed by atoms with van der Waals surface area (Å²) in [4.78, 5) is 35.3. The number of likely N-dealkylation sites (N-methyl/N-ethyl adjacent to an activating group) is 1. The predicted octanol–water partition coefficient (Wildman–Crippen LogP) is 7.10. The standard InChI is InChI=1S/C30H37Cl2N7O/c1-4-6-12-38(5-2)17-21-9-7-8-13-39(21)30(40)22-16-26-23(15-24(22)32)29(34-18-33-26)35-19(3)28-36-25-11-10-20(31)14-27(25)37-28/h10-11,14-16,18-19,21H,4-9,12-13,17H2,1-3H3,(H,36,37)(H,33,34,35)/t19-,21-/m1/s1. The fraction of sp³-hybridized carbons (Fsp3) is 0.467. The van der Waals surface area contributed by atoms with Crippen molar-refractivity contribution in [2.24, 2.45) is 0 Å². The minimum Gasteiger partial charge on any atom is -0.360 e. The minimum atomic E-state index is -0.173. The Kier molecular flexibility index (Phi) is 9.08. The number of benzene rings is 2. The number of nitrogens with one attached hydrogen (secondary N) is 2. The van der Waals surface area contributed by atoms with Crippen molar-refractivity contribution in [3.63, 3.8) is 0 Å². The van der Waals surface area contributed by atoms with Crippen LogP contribution in [0.3, 0.4) is 0 Å². The number of H-pyrrole nitrogens is 1. The molecular formula is C30H37Cl2N7O. The fourth-order valence-corrected chi connectivity index (χ4v) is 5.92. The van der Waals surface area contributed by atoms with Gasteiger partial charge in [0.05, 0.1) is 33.2 Å². The number of hydrogen-bond acceptors (Lipinski definition) is 6. The summed E-state index contributed by atoms with van der Waals surface area (Å²) in [7, 11) is 0. The number of anilines is 1. The molecular weight excluding hydrogens is 545 g/mol. The molecule has 3 heterocycles. The van der Waals surface area contributed by atoms with Gasteiger partial charge in [-0.3, -0.25) is 4.79 Å². The molecule has 2 atom stereocenters. The molecule has 5 rings (SSSR count). The second-order valence-electron chi connectivity index (χ2n) is 10.6. The van der Waals surface area contributed by atoms with E-state index in [0.29, 0.717) is 26.9 Å². The van der Waals surface area contributed by atoms with Gasteiger partial charge in [0, 0.05) is 29.5 Å². The highest BCUT2D eigenvalue weighted by Gasteiger charge is 2.30. The van der Waals surface area contributed by atoms with Gasteiger partial charge in [-0.05, 0) is 76.0 Å². The first-order valence-electron chi connectivity index (χ1n) is 14.3. The second-order valence-corrected chi connectivity index (χ2v) is 11.5. The van der Waals surface area contributed by atoms with Crippen LogP contribution in [0, 0.1) is 0 Å². The van der Waals surface area contributed by atoms with E-state index in [1.807, 2.05) is 30.0 Å². The molecule has 0 bridgehead atoms. The van der Waals surface area contributed by atoms with Gasteiger partial charge in [0.15, 0.2) is 0 Å². The molecule has 10 heteroatoms. The van der Waals surface area contributed by atoms with Gasteiger partial charge < -0.3 is 20.1 Å². The van der Waals surface area contributed by atoms with Gasteiger partial charge in [-0.1, -0.05) is 43.5 Å². The third-order valence-corrected chi connectivity index (χ3v) is 8.36. The summed E-state index contributed by atoms with van der Waals surface area (Å²) in [5.74, 6) is 1.37. The third kappa shape index (κ3) is 6.19. The van der Waals surface area contributed by atoms with Crippen LogP contribution in [0.2, 0.25) is 10.0 Å². The predicted molar refractivity (Wildman–Crippen MR) is 163 cm³/mol. The van der Waals surface area contributed by atoms with Gasteiger partial charge in [-0.25, -0.2) is 15.0 Å². The Morgan fingerprint density at radius 3 is 2.83 bits per heavy atom. The van der Waals surface area contributed by atoms with E-state index >= 15 is 0 Å². The molecule has 2 aromatic heterocycles. The largest absolute Gasteiger partial charge is 0.360 e. The number of halogens is 2. The zero-order valence-electron chi connectivity index (χ0n) is 23.4. The Morgan fingerprint density at radius 2 is 2.02 bits per heavy atom. The Hall–Kier alpha value is -2.94. The fourth-order valence-electron chi connectivity index (χ4n) is 5.51. The van der Waals surface area contributed by atoms with E-state index in [0.717, 1.165) is 67.7 Å². The number of aromatic amines is 1. The first kappa shape index (κ1) is 28.6. The SMILES string of the molecule is CCCCN(CC)C[C@H]1CCCCN1C(=O)c1cc2ncnc(N[C@H](C)c3nc4ccc(Cl)cc4[nH]3)c2cc1Cl. The van der Waals surface area contributed by atoms with Crippen LogP contribution in [0.25, 0.3) is 21.9 Å². The number of carbonyl (C=O) groups is 1.